The summed E-state index contributed by atoms with van der Waals surface area (Å²) in [4.78, 5) is 30.6. The molecule has 1 fully saturated rings. The van der Waals surface area contributed by atoms with Crippen LogP contribution in [0.25, 0.3) is 10.9 Å². The van der Waals surface area contributed by atoms with Crippen LogP contribution in [0.5, 0.6) is 0 Å². The molecule has 100 valence electrons. The molecular weight excluding hydrogens is 252 g/mol. The average molecular weight is 266 g/mol. The first kappa shape index (κ1) is 11.6. The van der Waals surface area contributed by atoms with Crippen LogP contribution in [-0.2, 0) is 4.79 Å². The first-order valence-electron chi connectivity index (χ1n) is 7.03. The zero-order valence-electron chi connectivity index (χ0n) is 11.0. The molecule has 1 aromatic carbocycles. The van der Waals surface area contributed by atoms with Crippen LogP contribution >= 0.6 is 0 Å². The van der Waals surface area contributed by atoms with Crippen molar-refractivity contribution < 1.29 is 9.59 Å². The number of amides is 1. The number of hydrogen-bond acceptors (Lipinski definition) is 3. The van der Waals surface area contributed by atoms with Gasteiger partial charge in [0, 0.05) is 11.4 Å². The van der Waals surface area contributed by atoms with Gasteiger partial charge in [0.05, 0.1) is 11.1 Å². The molecule has 0 atom stereocenters. The standard InChI is InChI=1S/C16H14N2O2/c19-14-12-9-10-5-1-4-8-13(10)17-15(12)18(16(14)20)11-6-2-3-7-11/h1,4-5,8-9,11H,2-3,6-7H2. The van der Waals surface area contributed by atoms with Gasteiger partial charge in [-0.1, -0.05) is 31.0 Å². The zero-order chi connectivity index (χ0) is 13.7. The van der Waals surface area contributed by atoms with E-state index in [0.717, 1.165) is 36.6 Å². The summed E-state index contributed by atoms with van der Waals surface area (Å²) < 4.78 is 0. The van der Waals surface area contributed by atoms with Gasteiger partial charge in [-0.05, 0) is 25.0 Å². The molecule has 1 amide bonds. The predicted octanol–water partition coefficient (Wildman–Crippen LogP) is 2.71. The summed E-state index contributed by atoms with van der Waals surface area (Å²) in [6.07, 6.45) is 4.16. The van der Waals surface area contributed by atoms with Gasteiger partial charge in [-0.2, -0.15) is 0 Å². The van der Waals surface area contributed by atoms with Crippen LogP contribution in [0.1, 0.15) is 36.0 Å². The fourth-order valence-electron chi connectivity index (χ4n) is 3.28. The minimum atomic E-state index is -0.412. The maximum absolute atomic E-state index is 12.3. The monoisotopic (exact) mass is 266 g/mol. The van der Waals surface area contributed by atoms with E-state index in [2.05, 4.69) is 4.98 Å². The molecule has 0 unspecified atom stereocenters. The lowest BCUT2D eigenvalue weighted by atomic mass is 10.1. The van der Waals surface area contributed by atoms with Crippen LogP contribution in [0.3, 0.4) is 0 Å². The molecule has 1 aliphatic carbocycles. The number of pyridine rings is 1. The number of anilines is 1. The van der Waals surface area contributed by atoms with Crippen molar-refractivity contribution in [3.63, 3.8) is 0 Å². The molecule has 2 aromatic rings. The summed E-state index contributed by atoms with van der Waals surface area (Å²) in [5.41, 5.74) is 1.29. The second kappa shape index (κ2) is 4.13. The van der Waals surface area contributed by atoms with Crippen LogP contribution in [-0.4, -0.2) is 22.7 Å². The molecule has 0 bridgehead atoms. The number of fused-ring (bicyclic) bond motifs is 2. The van der Waals surface area contributed by atoms with Crippen molar-refractivity contribution in [1.29, 1.82) is 0 Å². The average Bonchev–Trinajstić information content (AvgIpc) is 3.06. The molecule has 4 nitrogen and oxygen atoms in total. The first-order chi connectivity index (χ1) is 9.75. The van der Waals surface area contributed by atoms with E-state index < -0.39 is 11.7 Å². The maximum atomic E-state index is 12.3. The van der Waals surface area contributed by atoms with Gasteiger partial charge in [0.2, 0.25) is 0 Å². The van der Waals surface area contributed by atoms with Crippen molar-refractivity contribution in [2.24, 2.45) is 0 Å². The van der Waals surface area contributed by atoms with E-state index >= 15 is 0 Å². The van der Waals surface area contributed by atoms with E-state index in [1.807, 2.05) is 24.3 Å². The fourth-order valence-corrected chi connectivity index (χ4v) is 3.28. The molecular formula is C16H14N2O2. The van der Waals surface area contributed by atoms with E-state index in [0.29, 0.717) is 11.4 Å². The summed E-state index contributed by atoms with van der Waals surface area (Å²) in [6.45, 7) is 0. The van der Waals surface area contributed by atoms with Crippen LogP contribution in [0.4, 0.5) is 5.82 Å². The highest BCUT2D eigenvalue weighted by atomic mass is 16.2. The third-order valence-corrected chi connectivity index (χ3v) is 4.28. The summed E-state index contributed by atoms with van der Waals surface area (Å²) in [5.74, 6) is -0.259. The van der Waals surface area contributed by atoms with Crippen molar-refractivity contribution in [2.75, 3.05) is 4.90 Å². The Bertz CT molecular complexity index is 732. The molecule has 0 spiro atoms. The van der Waals surface area contributed by atoms with Gasteiger partial charge in [0.15, 0.2) is 0 Å². The number of ketones is 1. The Morgan fingerprint density at radius 3 is 2.65 bits per heavy atom. The molecule has 2 heterocycles. The fraction of sp³-hybridized carbons (Fsp3) is 0.312. The largest absolute Gasteiger partial charge is 0.300 e. The van der Waals surface area contributed by atoms with Crippen LogP contribution in [0.15, 0.2) is 30.3 Å². The van der Waals surface area contributed by atoms with Crippen LogP contribution < -0.4 is 4.90 Å². The number of Topliss-reactive ketones (excluding diaryl/α,β-unsaturated/α-hetero) is 1. The summed E-state index contributed by atoms with van der Waals surface area (Å²) in [5, 5.41) is 0.903. The Balaban J connectivity index is 1.92. The molecule has 4 heteroatoms. The highest BCUT2D eigenvalue weighted by Crippen LogP contribution is 2.35. The third kappa shape index (κ3) is 1.51. The number of nitrogens with zero attached hydrogens (tertiary/aromatic N) is 2. The number of benzene rings is 1. The van der Waals surface area contributed by atoms with Crippen molar-refractivity contribution in [2.45, 2.75) is 31.7 Å². The number of para-hydroxylation sites is 1. The molecule has 1 aromatic heterocycles. The van der Waals surface area contributed by atoms with Crippen LogP contribution in [0, 0.1) is 0 Å². The number of hydrogen-bond donors (Lipinski definition) is 0. The van der Waals surface area contributed by atoms with Gasteiger partial charge in [0.1, 0.15) is 5.82 Å². The Morgan fingerprint density at radius 1 is 1.10 bits per heavy atom. The Kier molecular flexibility index (Phi) is 2.39. The lowest BCUT2D eigenvalue weighted by Crippen LogP contribution is -2.38. The molecule has 0 N–H and O–H groups in total. The van der Waals surface area contributed by atoms with Gasteiger partial charge in [-0.25, -0.2) is 4.98 Å². The van der Waals surface area contributed by atoms with Crippen molar-refractivity contribution in [3.8, 4) is 0 Å². The zero-order valence-corrected chi connectivity index (χ0v) is 11.0. The number of carbonyl (C=O) groups excluding carboxylic acids is 2. The molecule has 2 aliphatic rings. The maximum Gasteiger partial charge on any atom is 0.300 e. The number of aromatic nitrogens is 1. The molecule has 0 radical (unpaired) electrons. The number of carbonyl (C=O) groups is 2. The Morgan fingerprint density at radius 2 is 1.85 bits per heavy atom. The highest BCUT2D eigenvalue weighted by molar-refractivity contribution is 6.52. The van der Waals surface area contributed by atoms with Crippen molar-refractivity contribution in [1.82, 2.24) is 4.98 Å². The topological polar surface area (TPSA) is 50.3 Å². The first-order valence-corrected chi connectivity index (χ1v) is 7.03. The molecule has 1 aliphatic heterocycles. The van der Waals surface area contributed by atoms with Gasteiger partial charge in [-0.15, -0.1) is 0 Å². The van der Waals surface area contributed by atoms with Crippen molar-refractivity contribution in [3.05, 3.63) is 35.9 Å². The van der Waals surface area contributed by atoms with Gasteiger partial charge >= 0.3 is 5.91 Å². The minimum Gasteiger partial charge on any atom is -0.286 e. The third-order valence-electron chi connectivity index (χ3n) is 4.28. The van der Waals surface area contributed by atoms with Crippen LogP contribution in [0.2, 0.25) is 0 Å². The van der Waals surface area contributed by atoms with E-state index in [1.54, 1.807) is 11.0 Å². The van der Waals surface area contributed by atoms with Gasteiger partial charge in [-0.3, -0.25) is 14.5 Å². The lowest BCUT2D eigenvalue weighted by molar-refractivity contribution is -0.114. The Hall–Kier alpha value is -2.23. The summed E-state index contributed by atoms with van der Waals surface area (Å²) in [7, 11) is 0. The second-order valence-corrected chi connectivity index (χ2v) is 5.49. The van der Waals surface area contributed by atoms with E-state index in [1.165, 1.54) is 0 Å². The molecule has 0 saturated heterocycles. The molecule has 20 heavy (non-hydrogen) atoms. The van der Waals surface area contributed by atoms with Crippen molar-refractivity contribution >= 4 is 28.4 Å². The smallest absolute Gasteiger partial charge is 0.286 e. The molecule has 1 saturated carbocycles. The minimum absolute atomic E-state index is 0.140. The van der Waals surface area contributed by atoms with Gasteiger partial charge < -0.3 is 0 Å². The second-order valence-electron chi connectivity index (χ2n) is 5.49. The Labute approximate surface area is 116 Å². The highest BCUT2D eigenvalue weighted by Gasteiger charge is 2.41. The van der Waals surface area contributed by atoms with E-state index in [-0.39, 0.29) is 6.04 Å². The summed E-state index contributed by atoms with van der Waals surface area (Å²) in [6, 6.07) is 9.59. The van der Waals surface area contributed by atoms with E-state index in [4.69, 9.17) is 0 Å². The number of rotatable bonds is 1. The van der Waals surface area contributed by atoms with E-state index in [9.17, 15) is 9.59 Å². The van der Waals surface area contributed by atoms with Gasteiger partial charge in [0.25, 0.3) is 5.78 Å². The normalized spacial score (nSPS) is 19.1. The predicted molar refractivity (Wildman–Crippen MR) is 75.8 cm³/mol. The molecule has 4 rings (SSSR count). The summed E-state index contributed by atoms with van der Waals surface area (Å²) >= 11 is 0. The quantitative estimate of drug-likeness (QED) is 0.746. The lowest BCUT2D eigenvalue weighted by Gasteiger charge is -2.22. The SMILES string of the molecule is O=C1C(=O)N(C2CCCC2)c2nc3ccccc3cc21.